The number of amides is 1. The van der Waals surface area contributed by atoms with Crippen molar-refractivity contribution in [2.45, 2.75) is 37.9 Å². The Balaban J connectivity index is 2.11. The van der Waals surface area contributed by atoms with Gasteiger partial charge in [0.15, 0.2) is 0 Å². The first-order chi connectivity index (χ1) is 12.6. The number of carbonyl (C=O) groups is 1. The molecule has 2 rings (SSSR count). The monoisotopic (exact) mass is 407 g/mol. The predicted octanol–water partition coefficient (Wildman–Crippen LogP) is 1.75. The lowest BCUT2D eigenvalue weighted by molar-refractivity contribution is -0.186. The van der Waals surface area contributed by atoms with E-state index in [2.05, 4.69) is 9.62 Å². The molecule has 1 aromatic rings. The summed E-state index contributed by atoms with van der Waals surface area (Å²) in [7, 11) is -3.77. The lowest BCUT2D eigenvalue weighted by Crippen LogP contribution is -2.43. The molecule has 10 heteroatoms. The molecule has 0 aliphatic carbocycles. The van der Waals surface area contributed by atoms with E-state index in [1.165, 1.54) is 12.1 Å². The molecule has 0 bridgehead atoms. The topological polar surface area (TPSA) is 69.7 Å². The number of halogens is 3. The van der Waals surface area contributed by atoms with Crippen LogP contribution in [0.2, 0.25) is 0 Å². The lowest BCUT2D eigenvalue weighted by Gasteiger charge is -2.29. The van der Waals surface area contributed by atoms with Crippen LogP contribution in [0.5, 0.6) is 0 Å². The Morgan fingerprint density at radius 1 is 1.22 bits per heavy atom. The van der Waals surface area contributed by atoms with E-state index in [1.54, 1.807) is 6.07 Å². The van der Waals surface area contributed by atoms with Crippen LogP contribution < -0.4 is 4.72 Å². The third-order valence-corrected chi connectivity index (χ3v) is 6.10. The Morgan fingerprint density at radius 2 is 1.89 bits per heavy atom. The van der Waals surface area contributed by atoms with E-state index < -0.39 is 22.1 Å². The number of nitrogens with one attached hydrogen (secondary N) is 1. The summed E-state index contributed by atoms with van der Waals surface area (Å²) in [6.07, 6.45) is -4.68. The molecule has 152 valence electrons. The fourth-order valence-electron chi connectivity index (χ4n) is 3.01. The van der Waals surface area contributed by atoms with Crippen molar-refractivity contribution in [3.8, 4) is 0 Å². The van der Waals surface area contributed by atoms with E-state index in [1.807, 2.05) is 13.8 Å². The van der Waals surface area contributed by atoms with Gasteiger partial charge in [-0.3, -0.25) is 4.79 Å². The molecule has 0 atom stereocenters. The molecule has 1 heterocycles. The van der Waals surface area contributed by atoms with Crippen LogP contribution in [0, 0.1) is 0 Å². The molecular weight excluding hydrogens is 383 g/mol. The van der Waals surface area contributed by atoms with Gasteiger partial charge in [-0.05, 0) is 42.8 Å². The molecule has 1 aliphatic rings. The Labute approximate surface area is 157 Å². The number of rotatable bonds is 7. The van der Waals surface area contributed by atoms with Crippen LogP contribution in [0.4, 0.5) is 13.2 Å². The van der Waals surface area contributed by atoms with Crippen LogP contribution in [-0.4, -0.2) is 63.0 Å². The Hall–Kier alpha value is -1.65. The van der Waals surface area contributed by atoms with Crippen LogP contribution in [0.25, 0.3) is 0 Å². The maximum atomic E-state index is 12.6. The number of fused-ring (bicyclic) bond motifs is 1. The Morgan fingerprint density at radius 3 is 2.48 bits per heavy atom. The minimum atomic E-state index is -4.94. The summed E-state index contributed by atoms with van der Waals surface area (Å²) in [4.78, 5) is 14.2. The van der Waals surface area contributed by atoms with Gasteiger partial charge in [-0.25, -0.2) is 13.1 Å². The van der Waals surface area contributed by atoms with E-state index in [4.69, 9.17) is 0 Å². The van der Waals surface area contributed by atoms with Crippen molar-refractivity contribution in [3.05, 3.63) is 29.3 Å². The first-order valence-corrected chi connectivity index (χ1v) is 10.3. The molecule has 0 aromatic heterocycles. The number of hydrogen-bond donors (Lipinski definition) is 1. The molecule has 0 unspecified atom stereocenters. The molecule has 0 saturated carbocycles. The largest absolute Gasteiger partial charge is 0.471 e. The highest BCUT2D eigenvalue weighted by Gasteiger charge is 2.43. The summed E-state index contributed by atoms with van der Waals surface area (Å²) < 4.78 is 65.4. The number of sulfonamides is 1. The number of benzene rings is 1. The standard InChI is InChI=1S/C17H24F3N3O3S/c1-3-22(4-2)10-8-21-27(25,26)15-6-5-13-7-9-23(12-14(13)11-15)16(24)17(18,19)20/h5-6,11,21H,3-4,7-10,12H2,1-2H3. The summed E-state index contributed by atoms with van der Waals surface area (Å²) in [5, 5.41) is 0. The zero-order chi connectivity index (χ0) is 20.2. The third-order valence-electron chi connectivity index (χ3n) is 4.64. The average molecular weight is 407 g/mol. The van der Waals surface area contributed by atoms with E-state index in [0.29, 0.717) is 17.0 Å². The van der Waals surface area contributed by atoms with Crippen molar-refractivity contribution < 1.29 is 26.4 Å². The molecule has 0 fully saturated rings. The van der Waals surface area contributed by atoms with Crippen LogP contribution in [0.15, 0.2) is 23.1 Å². The minimum Gasteiger partial charge on any atom is -0.330 e. The van der Waals surface area contributed by atoms with Crippen molar-refractivity contribution in [3.63, 3.8) is 0 Å². The van der Waals surface area contributed by atoms with E-state index >= 15 is 0 Å². The second kappa shape index (κ2) is 8.57. The summed E-state index contributed by atoms with van der Waals surface area (Å²) in [5.74, 6) is -1.90. The van der Waals surface area contributed by atoms with Crippen LogP contribution in [0.1, 0.15) is 25.0 Å². The molecule has 6 nitrogen and oxygen atoms in total. The molecule has 1 N–H and O–H groups in total. The Kier molecular flexibility index (Phi) is 6.87. The molecule has 1 aromatic carbocycles. The molecule has 1 amide bonds. The van der Waals surface area contributed by atoms with Crippen molar-refractivity contribution in [2.24, 2.45) is 0 Å². The van der Waals surface area contributed by atoms with Gasteiger partial charge in [0.05, 0.1) is 4.90 Å². The third kappa shape index (κ3) is 5.43. The van der Waals surface area contributed by atoms with Gasteiger partial charge < -0.3 is 9.80 Å². The van der Waals surface area contributed by atoms with Crippen LogP contribution in [0.3, 0.4) is 0 Å². The average Bonchev–Trinajstić information content (AvgIpc) is 2.63. The number of nitrogens with zero attached hydrogens (tertiary/aromatic N) is 2. The second-order valence-electron chi connectivity index (χ2n) is 6.33. The lowest BCUT2D eigenvalue weighted by atomic mass is 10.00. The number of alkyl halides is 3. The fourth-order valence-corrected chi connectivity index (χ4v) is 4.09. The van der Waals surface area contributed by atoms with Gasteiger partial charge in [0.2, 0.25) is 10.0 Å². The van der Waals surface area contributed by atoms with Gasteiger partial charge >= 0.3 is 12.1 Å². The quantitative estimate of drug-likeness (QED) is 0.748. The van der Waals surface area contributed by atoms with Gasteiger partial charge in [-0.1, -0.05) is 19.9 Å². The molecule has 0 spiro atoms. The van der Waals surface area contributed by atoms with Gasteiger partial charge in [0.1, 0.15) is 0 Å². The molecule has 0 radical (unpaired) electrons. The Bertz CT molecular complexity index is 777. The first kappa shape index (κ1) is 21.6. The molecule has 1 aliphatic heterocycles. The van der Waals surface area contributed by atoms with Gasteiger partial charge in [0.25, 0.3) is 0 Å². The van der Waals surface area contributed by atoms with Gasteiger partial charge in [-0.15, -0.1) is 0 Å². The highest BCUT2D eigenvalue weighted by molar-refractivity contribution is 7.89. The molecule has 0 saturated heterocycles. The van der Waals surface area contributed by atoms with E-state index in [-0.39, 0.29) is 31.0 Å². The van der Waals surface area contributed by atoms with E-state index in [9.17, 15) is 26.4 Å². The zero-order valence-electron chi connectivity index (χ0n) is 15.3. The zero-order valence-corrected chi connectivity index (χ0v) is 16.2. The highest BCUT2D eigenvalue weighted by atomic mass is 32.2. The molecular formula is C17H24F3N3O3S. The summed E-state index contributed by atoms with van der Waals surface area (Å²) in [6, 6.07) is 4.40. The molecule has 27 heavy (non-hydrogen) atoms. The number of likely N-dealkylation sites (N-methyl/N-ethyl adjacent to an activating group) is 1. The first-order valence-electron chi connectivity index (χ1n) is 8.78. The predicted molar refractivity (Wildman–Crippen MR) is 94.6 cm³/mol. The summed E-state index contributed by atoms with van der Waals surface area (Å²) >= 11 is 0. The SMILES string of the molecule is CCN(CC)CCNS(=O)(=O)c1ccc2c(c1)CN(C(=O)C(F)(F)F)CC2. The van der Waals surface area contributed by atoms with Crippen LogP contribution in [-0.2, 0) is 27.8 Å². The fraction of sp³-hybridized carbons (Fsp3) is 0.588. The summed E-state index contributed by atoms with van der Waals surface area (Å²) in [5.41, 5.74) is 1.17. The maximum absolute atomic E-state index is 12.6. The normalized spacial score (nSPS) is 15.1. The number of hydrogen-bond acceptors (Lipinski definition) is 4. The van der Waals surface area contributed by atoms with Crippen molar-refractivity contribution in [1.82, 2.24) is 14.5 Å². The van der Waals surface area contributed by atoms with Crippen molar-refractivity contribution >= 4 is 15.9 Å². The van der Waals surface area contributed by atoms with E-state index in [0.717, 1.165) is 18.7 Å². The van der Waals surface area contributed by atoms with Gasteiger partial charge in [-0.2, -0.15) is 13.2 Å². The minimum absolute atomic E-state index is 0.0119. The van der Waals surface area contributed by atoms with Crippen LogP contribution >= 0.6 is 0 Å². The van der Waals surface area contributed by atoms with Crippen molar-refractivity contribution in [1.29, 1.82) is 0 Å². The number of carbonyl (C=O) groups excluding carboxylic acids is 1. The highest BCUT2D eigenvalue weighted by Crippen LogP contribution is 2.26. The van der Waals surface area contributed by atoms with Crippen molar-refractivity contribution in [2.75, 3.05) is 32.7 Å². The van der Waals surface area contributed by atoms with Gasteiger partial charge in [0, 0.05) is 26.2 Å². The maximum Gasteiger partial charge on any atom is 0.471 e. The second-order valence-corrected chi connectivity index (χ2v) is 8.10. The smallest absolute Gasteiger partial charge is 0.330 e. The summed E-state index contributed by atoms with van der Waals surface area (Å²) in [6.45, 7) is 6.08.